The van der Waals surface area contributed by atoms with Gasteiger partial charge in [-0.25, -0.2) is 4.85 Å². The van der Waals surface area contributed by atoms with Crippen molar-refractivity contribution in [1.29, 1.82) is 5.26 Å². The highest BCUT2D eigenvalue weighted by atomic mass is 16.7. The zero-order valence-corrected chi connectivity index (χ0v) is 35.1. The molecule has 0 radical (unpaired) electrons. The highest BCUT2D eigenvalue weighted by Gasteiger charge is 2.44. The summed E-state index contributed by atoms with van der Waals surface area (Å²) in [4.78, 5) is 9.02. The Morgan fingerprint density at radius 3 is 1.45 bits per heavy atom. The molecule has 0 fully saturated rings. The maximum Gasteiger partial charge on any atom is 0.194 e. The van der Waals surface area contributed by atoms with E-state index in [1.807, 2.05) is 36.4 Å². The minimum absolute atomic E-state index is 0.00481. The van der Waals surface area contributed by atoms with Gasteiger partial charge >= 0.3 is 0 Å². The Morgan fingerprint density at radius 2 is 1.04 bits per heavy atom. The van der Waals surface area contributed by atoms with Gasteiger partial charge in [-0.2, -0.15) is 5.26 Å². The number of methoxy groups -OCH3 is 2. The Bertz CT molecular complexity index is 2040. The average molecular weight is 755 g/mol. The van der Waals surface area contributed by atoms with Crippen molar-refractivity contribution in [3.63, 3.8) is 0 Å². The van der Waals surface area contributed by atoms with Crippen LogP contribution in [0.15, 0.2) is 24.3 Å². The smallest absolute Gasteiger partial charge is 0.194 e. The van der Waals surface area contributed by atoms with E-state index in [1.54, 1.807) is 14.2 Å². The second-order valence-corrected chi connectivity index (χ2v) is 18.6. The van der Waals surface area contributed by atoms with Crippen molar-refractivity contribution in [1.82, 2.24) is 0 Å². The lowest BCUT2D eigenvalue weighted by atomic mass is 9.68. The lowest BCUT2D eigenvalue weighted by Crippen LogP contribution is -2.45. The maximum atomic E-state index is 10.5. The Labute approximate surface area is 334 Å². The molecule has 0 bridgehead atoms. The van der Waals surface area contributed by atoms with Crippen molar-refractivity contribution in [3.05, 3.63) is 85.8 Å². The van der Waals surface area contributed by atoms with Crippen LogP contribution < -0.4 is 19.3 Å². The zero-order valence-electron chi connectivity index (χ0n) is 35.1. The van der Waals surface area contributed by atoms with Crippen molar-refractivity contribution in [3.8, 4) is 17.6 Å². The number of rotatable bonds is 10. The molecule has 4 aliphatic rings. The Kier molecular flexibility index (Phi) is 10.3. The second kappa shape index (κ2) is 14.6. The van der Waals surface area contributed by atoms with Crippen LogP contribution in [-0.4, -0.2) is 54.0 Å². The van der Waals surface area contributed by atoms with E-state index in [9.17, 15) is 5.26 Å². The van der Waals surface area contributed by atoms with Crippen LogP contribution in [0.25, 0.3) is 29.1 Å². The van der Waals surface area contributed by atoms with Gasteiger partial charge in [-0.15, -0.1) is 0 Å². The SMILES string of the molecule is [C-]#[N+]c1cc(/C=C/c2cc3c4c(c2OCOC)C(C)(C)CCN4CCC3(C)C)c(C#N)cc1/C=C/c1cc2c3c(c1OCOC)C(C)(C)CCN3CCC2(C)C. The minimum atomic E-state index is -0.0981. The first-order valence-corrected chi connectivity index (χ1v) is 20.1. The van der Waals surface area contributed by atoms with E-state index in [1.165, 1.54) is 33.6 Å². The molecule has 7 rings (SSSR count). The molecule has 0 unspecified atom stereocenters. The monoisotopic (exact) mass is 754 g/mol. The van der Waals surface area contributed by atoms with Gasteiger partial charge in [0, 0.05) is 74.0 Å². The molecule has 0 aromatic heterocycles. The Hall–Kier alpha value is -4.76. The van der Waals surface area contributed by atoms with Crippen LogP contribution in [0.1, 0.15) is 131 Å². The normalized spacial score (nSPS) is 19.6. The second-order valence-electron chi connectivity index (χ2n) is 18.6. The summed E-state index contributed by atoms with van der Waals surface area (Å²) >= 11 is 0. The molecule has 0 spiro atoms. The number of ether oxygens (including phenoxy) is 4. The van der Waals surface area contributed by atoms with Crippen molar-refractivity contribution in [2.24, 2.45) is 0 Å². The maximum absolute atomic E-state index is 10.5. The standard InChI is InChI=1S/C48H58N4O4/c1-45(2)16-20-51-22-18-47(5,6)39-41(51)36(45)25-33(43(39)55-29-53-10)14-12-31-27-38(50-9)32(24-35(31)28-49)13-15-34-26-37-42-40(44(34)56-30-54-11)48(7,8)19-23-52(42)21-17-46(37,3)4/h12-15,24-27H,16-23,29-30H2,1-8,10-11H3/b14-12+,15-13+. The molecule has 0 N–H and O–H groups in total. The van der Waals surface area contributed by atoms with Gasteiger partial charge in [0.05, 0.1) is 18.2 Å². The molecule has 3 aromatic carbocycles. The van der Waals surface area contributed by atoms with E-state index in [0.717, 1.165) is 74.5 Å². The van der Waals surface area contributed by atoms with Crippen LogP contribution in [-0.2, 0) is 31.1 Å². The molecule has 4 aliphatic heterocycles. The van der Waals surface area contributed by atoms with E-state index < -0.39 is 0 Å². The third-order valence-corrected chi connectivity index (χ3v) is 13.0. The van der Waals surface area contributed by atoms with E-state index >= 15 is 0 Å². The molecule has 3 aromatic rings. The summed E-state index contributed by atoms with van der Waals surface area (Å²) in [5, 5.41) is 10.5. The van der Waals surface area contributed by atoms with Gasteiger partial charge in [0.2, 0.25) is 0 Å². The van der Waals surface area contributed by atoms with Gasteiger partial charge in [-0.3, -0.25) is 0 Å². The number of benzene rings is 3. The molecule has 56 heavy (non-hydrogen) atoms. The zero-order chi connectivity index (χ0) is 40.2. The fourth-order valence-corrected chi connectivity index (χ4v) is 9.38. The quantitative estimate of drug-likeness (QED) is 0.116. The summed E-state index contributed by atoms with van der Waals surface area (Å²) in [5.74, 6) is 1.64. The molecule has 4 heterocycles. The summed E-state index contributed by atoms with van der Waals surface area (Å²) in [7, 11) is 3.29. The van der Waals surface area contributed by atoms with Crippen molar-refractivity contribution >= 4 is 41.4 Å². The van der Waals surface area contributed by atoms with Crippen LogP contribution in [0.5, 0.6) is 11.5 Å². The fraction of sp³-hybridized carbons (Fsp3) is 0.500. The van der Waals surface area contributed by atoms with Crippen LogP contribution >= 0.6 is 0 Å². The van der Waals surface area contributed by atoms with E-state index in [-0.39, 0.29) is 35.2 Å². The van der Waals surface area contributed by atoms with Gasteiger partial charge < -0.3 is 28.7 Å². The molecule has 8 heteroatoms. The number of hydrogen-bond acceptors (Lipinski definition) is 7. The van der Waals surface area contributed by atoms with Gasteiger partial charge in [0.25, 0.3) is 0 Å². The summed E-state index contributed by atoms with van der Waals surface area (Å²) in [5.41, 5.74) is 11.7. The number of nitriles is 1. The minimum Gasteiger partial charge on any atom is -0.467 e. The third kappa shape index (κ3) is 6.86. The van der Waals surface area contributed by atoms with Crippen molar-refractivity contribution in [2.45, 2.75) is 103 Å². The number of nitrogens with zero attached hydrogens (tertiary/aromatic N) is 4. The summed E-state index contributed by atoms with van der Waals surface area (Å²) in [6, 6.07) is 10.6. The molecule has 0 atom stereocenters. The molecule has 294 valence electrons. The average Bonchev–Trinajstić information content (AvgIpc) is 3.15. The molecule has 0 saturated heterocycles. The Morgan fingerprint density at radius 1 is 0.625 bits per heavy atom. The van der Waals surface area contributed by atoms with E-state index in [4.69, 9.17) is 25.5 Å². The first kappa shape index (κ1) is 39.5. The van der Waals surface area contributed by atoms with E-state index in [0.29, 0.717) is 22.4 Å². The van der Waals surface area contributed by atoms with Crippen LogP contribution in [0.4, 0.5) is 17.1 Å². The lowest BCUT2D eigenvalue weighted by molar-refractivity contribution is 0.0491. The molecular weight excluding hydrogens is 697 g/mol. The lowest BCUT2D eigenvalue weighted by Gasteiger charge is -2.48. The van der Waals surface area contributed by atoms with Gasteiger partial charge in [-0.05, 0) is 93.9 Å². The van der Waals surface area contributed by atoms with Crippen LogP contribution in [0, 0.1) is 17.9 Å². The van der Waals surface area contributed by atoms with Gasteiger partial charge in [0.1, 0.15) is 11.5 Å². The molecule has 0 saturated carbocycles. The molecule has 0 amide bonds. The molecular formula is C48H58N4O4. The molecule has 8 nitrogen and oxygen atoms in total. The van der Waals surface area contributed by atoms with Crippen LogP contribution in [0.3, 0.4) is 0 Å². The first-order valence-electron chi connectivity index (χ1n) is 20.1. The predicted molar refractivity (Wildman–Crippen MR) is 228 cm³/mol. The highest BCUT2D eigenvalue weighted by molar-refractivity contribution is 5.87. The highest BCUT2D eigenvalue weighted by Crippen LogP contribution is 2.55. The van der Waals surface area contributed by atoms with Crippen molar-refractivity contribution in [2.75, 3.05) is 63.8 Å². The van der Waals surface area contributed by atoms with Gasteiger partial charge in [-0.1, -0.05) is 79.7 Å². The van der Waals surface area contributed by atoms with Gasteiger partial charge in [0.15, 0.2) is 19.3 Å². The summed E-state index contributed by atoms with van der Waals surface area (Å²) < 4.78 is 23.7. The predicted octanol–water partition coefficient (Wildman–Crippen LogP) is 10.8. The fourth-order valence-electron chi connectivity index (χ4n) is 9.38. The summed E-state index contributed by atoms with van der Waals surface area (Å²) in [6.45, 7) is 31.1. The topological polar surface area (TPSA) is 71.5 Å². The largest absolute Gasteiger partial charge is 0.467 e. The Balaban J connectivity index is 1.33. The van der Waals surface area contributed by atoms with Crippen LogP contribution in [0.2, 0.25) is 0 Å². The first-order chi connectivity index (χ1) is 26.6. The van der Waals surface area contributed by atoms with E-state index in [2.05, 4.69) is 88.2 Å². The number of hydrogen-bond donors (Lipinski definition) is 0. The molecule has 0 aliphatic carbocycles. The number of anilines is 2. The van der Waals surface area contributed by atoms with Crippen molar-refractivity contribution < 1.29 is 18.9 Å². The third-order valence-electron chi connectivity index (χ3n) is 13.0. The summed E-state index contributed by atoms with van der Waals surface area (Å²) in [6.07, 6.45) is 12.2.